The molecule has 0 bridgehead atoms. The molecule has 0 saturated carbocycles. The number of alkyl halides is 3. The van der Waals surface area contributed by atoms with Crippen molar-refractivity contribution in [2.75, 3.05) is 17.2 Å². The van der Waals surface area contributed by atoms with E-state index in [1.165, 1.54) is 18.3 Å². The Balaban J connectivity index is 1.55. The zero-order valence-electron chi connectivity index (χ0n) is 22.4. The van der Waals surface area contributed by atoms with Crippen molar-refractivity contribution in [2.45, 2.75) is 50.9 Å². The van der Waals surface area contributed by atoms with Gasteiger partial charge in [0.1, 0.15) is 5.56 Å². The van der Waals surface area contributed by atoms with Crippen LogP contribution in [0.5, 0.6) is 0 Å². The third kappa shape index (κ3) is 6.32. The molecule has 4 rings (SSSR count). The van der Waals surface area contributed by atoms with Crippen molar-refractivity contribution in [2.24, 2.45) is 5.92 Å². The maximum absolute atomic E-state index is 13.6. The lowest BCUT2D eigenvalue weighted by molar-refractivity contribution is -0.141. The van der Waals surface area contributed by atoms with Crippen molar-refractivity contribution in [3.05, 3.63) is 76.4 Å². The van der Waals surface area contributed by atoms with Crippen molar-refractivity contribution in [1.82, 2.24) is 20.3 Å². The number of nitrogens with one attached hydrogen (secondary N) is 1. The third-order valence-corrected chi connectivity index (χ3v) is 8.53. The number of carbonyl (C=O) groups is 2. The minimum Gasteiger partial charge on any atom is -0.478 e. The van der Waals surface area contributed by atoms with Gasteiger partial charge in [-0.05, 0) is 41.7 Å². The van der Waals surface area contributed by atoms with Crippen LogP contribution in [0.15, 0.2) is 47.6 Å². The molecule has 2 N–H and O–H groups in total. The molecule has 41 heavy (non-hydrogen) atoms. The molecular weight excluding hydrogens is 563 g/mol. The van der Waals surface area contributed by atoms with Crippen molar-refractivity contribution in [1.29, 1.82) is 0 Å². The topological polar surface area (TPSA) is 142 Å². The summed E-state index contributed by atoms with van der Waals surface area (Å²) in [6.45, 7) is 5.67. The average molecular weight is 592 g/mol. The van der Waals surface area contributed by atoms with Crippen LogP contribution in [0.2, 0.25) is 0 Å². The van der Waals surface area contributed by atoms with Gasteiger partial charge < -0.3 is 15.3 Å². The van der Waals surface area contributed by atoms with Crippen molar-refractivity contribution >= 4 is 27.7 Å². The Morgan fingerprint density at radius 3 is 2.41 bits per heavy atom. The van der Waals surface area contributed by atoms with E-state index >= 15 is 0 Å². The highest BCUT2D eigenvalue weighted by atomic mass is 32.2. The Bertz CT molecular complexity index is 1580. The summed E-state index contributed by atoms with van der Waals surface area (Å²) in [6.07, 6.45) is -2.59. The quantitative estimate of drug-likeness (QED) is 0.396. The van der Waals surface area contributed by atoms with E-state index < -0.39 is 45.2 Å². The summed E-state index contributed by atoms with van der Waals surface area (Å²) in [7, 11) is -3.33. The number of halogens is 3. The number of amides is 1. The number of carboxylic acid groups (broad SMARTS) is 1. The van der Waals surface area contributed by atoms with Crippen LogP contribution in [0.3, 0.4) is 0 Å². The van der Waals surface area contributed by atoms with Crippen molar-refractivity contribution < 1.29 is 36.3 Å². The molecule has 2 aromatic heterocycles. The number of carbonyl (C=O) groups excluding carboxylic acids is 1. The van der Waals surface area contributed by atoms with Gasteiger partial charge in [-0.15, -0.1) is 0 Å². The van der Waals surface area contributed by atoms with Crippen LogP contribution >= 0.6 is 0 Å². The first-order valence-corrected chi connectivity index (χ1v) is 14.4. The van der Waals surface area contributed by atoms with Gasteiger partial charge in [-0.1, -0.05) is 32.9 Å². The van der Waals surface area contributed by atoms with Crippen LogP contribution in [-0.2, 0) is 29.0 Å². The number of hydrogen-bond acceptors (Lipinski definition) is 8. The Labute approximate surface area is 234 Å². The van der Waals surface area contributed by atoms with Gasteiger partial charge in [0.05, 0.1) is 27.9 Å². The van der Waals surface area contributed by atoms with Gasteiger partial charge in [0, 0.05) is 25.5 Å². The van der Waals surface area contributed by atoms with E-state index in [1.807, 2.05) is 13.8 Å². The zero-order chi connectivity index (χ0) is 30.1. The molecule has 1 aliphatic heterocycles. The van der Waals surface area contributed by atoms with Gasteiger partial charge in [0.2, 0.25) is 5.95 Å². The maximum Gasteiger partial charge on any atom is 0.434 e. The van der Waals surface area contributed by atoms with Crippen molar-refractivity contribution in [3.63, 3.8) is 0 Å². The van der Waals surface area contributed by atoms with Crippen LogP contribution in [0.4, 0.5) is 19.1 Å². The Morgan fingerprint density at radius 2 is 1.83 bits per heavy atom. The highest BCUT2D eigenvalue weighted by Gasteiger charge is 2.40. The zero-order valence-corrected chi connectivity index (χ0v) is 23.3. The summed E-state index contributed by atoms with van der Waals surface area (Å²) in [4.78, 5) is 38.0. The minimum absolute atomic E-state index is 0.0114. The molecule has 3 aromatic rings. The molecule has 0 radical (unpaired) electrons. The summed E-state index contributed by atoms with van der Waals surface area (Å²) in [5, 5.41) is 11.9. The van der Waals surface area contributed by atoms with Crippen LogP contribution in [0.25, 0.3) is 0 Å². The van der Waals surface area contributed by atoms with E-state index in [1.54, 1.807) is 30.0 Å². The van der Waals surface area contributed by atoms with E-state index in [9.17, 15) is 31.2 Å². The number of anilines is 1. The molecule has 0 aliphatic carbocycles. The predicted molar refractivity (Wildman–Crippen MR) is 142 cm³/mol. The van der Waals surface area contributed by atoms with Crippen LogP contribution in [-0.4, -0.2) is 52.7 Å². The lowest BCUT2D eigenvalue weighted by Crippen LogP contribution is -2.40. The lowest BCUT2D eigenvalue weighted by Gasteiger charge is -2.39. The molecule has 1 atom stereocenters. The lowest BCUT2D eigenvalue weighted by atomic mass is 9.89. The van der Waals surface area contributed by atoms with E-state index in [4.69, 9.17) is 5.11 Å². The van der Waals surface area contributed by atoms with Crippen LogP contribution in [0.1, 0.15) is 70.0 Å². The molecule has 14 heteroatoms. The van der Waals surface area contributed by atoms with Gasteiger partial charge in [0.15, 0.2) is 15.5 Å². The van der Waals surface area contributed by atoms with Gasteiger partial charge in [0.25, 0.3) is 5.91 Å². The van der Waals surface area contributed by atoms with Gasteiger partial charge in [-0.25, -0.2) is 23.2 Å². The first-order valence-electron chi connectivity index (χ1n) is 12.8. The second-order valence-corrected chi connectivity index (χ2v) is 12.1. The molecule has 0 saturated heterocycles. The Morgan fingerprint density at radius 1 is 1.15 bits per heavy atom. The Kier molecular flexibility index (Phi) is 8.34. The standard InChI is InChI=1S/C27H28F3N5O5S/c1-4-41(39,40)19-7-5-16(6-8-19)12-32-24(36)18-11-17-9-10-35(22(15(2)3)21(17)31-13-18)26-33-14-20(25(37)38)23(34-26)27(28,29)30/h5-8,11,13-15,22H,4,9-10,12H2,1-3H3,(H,32,36)(H,37,38)/t22-/m1/s1. The van der Waals surface area contributed by atoms with Crippen LogP contribution < -0.4 is 10.2 Å². The largest absolute Gasteiger partial charge is 0.478 e. The SMILES string of the molecule is CCS(=O)(=O)c1ccc(CNC(=O)c2cnc3c(c2)CCN(c2ncc(C(=O)O)c(C(F)(F)F)n2)[C@@H]3C(C)C)cc1. The van der Waals surface area contributed by atoms with Gasteiger partial charge >= 0.3 is 12.1 Å². The number of aromatic nitrogens is 3. The van der Waals surface area contributed by atoms with E-state index in [0.717, 1.165) is 5.56 Å². The molecule has 1 amide bonds. The summed E-state index contributed by atoms with van der Waals surface area (Å²) in [5.74, 6) is -2.58. The number of benzene rings is 1. The number of sulfone groups is 1. The number of carboxylic acids is 1. The van der Waals surface area contributed by atoms with E-state index in [0.29, 0.717) is 29.4 Å². The summed E-state index contributed by atoms with van der Waals surface area (Å²) < 4.78 is 64.7. The molecule has 0 spiro atoms. The first kappa shape index (κ1) is 29.9. The summed E-state index contributed by atoms with van der Waals surface area (Å²) in [6, 6.07) is 7.42. The smallest absolute Gasteiger partial charge is 0.434 e. The molecule has 0 unspecified atom stereocenters. The maximum atomic E-state index is 13.6. The number of hydrogen-bond donors (Lipinski definition) is 2. The number of pyridine rings is 1. The second kappa shape index (κ2) is 11.4. The number of nitrogens with zero attached hydrogens (tertiary/aromatic N) is 4. The number of fused-ring (bicyclic) bond motifs is 1. The van der Waals surface area contributed by atoms with E-state index in [-0.39, 0.29) is 35.6 Å². The normalized spacial score (nSPS) is 15.5. The van der Waals surface area contributed by atoms with Gasteiger partial charge in [-0.3, -0.25) is 9.78 Å². The number of aromatic carboxylic acids is 1. The fourth-order valence-corrected chi connectivity index (χ4v) is 5.57. The van der Waals surface area contributed by atoms with Gasteiger partial charge in [-0.2, -0.15) is 13.2 Å². The highest BCUT2D eigenvalue weighted by molar-refractivity contribution is 7.91. The summed E-state index contributed by atoms with van der Waals surface area (Å²) >= 11 is 0. The molecule has 1 aliphatic rings. The monoisotopic (exact) mass is 591 g/mol. The number of rotatable bonds is 8. The molecule has 218 valence electrons. The van der Waals surface area contributed by atoms with Crippen LogP contribution in [0, 0.1) is 5.92 Å². The molecule has 3 heterocycles. The predicted octanol–water partition coefficient (Wildman–Crippen LogP) is 4.07. The average Bonchev–Trinajstić information content (AvgIpc) is 2.94. The molecule has 10 nitrogen and oxygen atoms in total. The molecular formula is C27H28F3N5O5S. The highest BCUT2D eigenvalue weighted by Crippen LogP contribution is 2.38. The minimum atomic E-state index is -4.98. The third-order valence-electron chi connectivity index (χ3n) is 6.78. The van der Waals surface area contributed by atoms with Crippen molar-refractivity contribution in [3.8, 4) is 0 Å². The fourth-order valence-electron chi connectivity index (χ4n) is 4.69. The fraction of sp³-hybridized carbons (Fsp3) is 0.370. The summed E-state index contributed by atoms with van der Waals surface area (Å²) in [5.41, 5.74) is -0.233. The van der Waals surface area contributed by atoms with E-state index in [2.05, 4.69) is 20.3 Å². The first-order chi connectivity index (χ1) is 19.2. The Hall–Kier alpha value is -4.07. The molecule has 0 fully saturated rings. The second-order valence-electron chi connectivity index (χ2n) is 9.87. The molecule has 1 aromatic carbocycles.